The molecule has 0 aromatic heterocycles. The van der Waals surface area contributed by atoms with Crippen LogP contribution in [0.3, 0.4) is 0 Å². The highest BCUT2D eigenvalue weighted by molar-refractivity contribution is 4.88. The average Bonchev–Trinajstić information content (AvgIpc) is 2.26. The Morgan fingerprint density at radius 1 is 1.53 bits per heavy atom. The molecular weight excluding hydrogens is 190 g/mol. The van der Waals surface area contributed by atoms with Gasteiger partial charge >= 0.3 is 0 Å². The fraction of sp³-hybridized carbons (Fsp3) is 1.00. The minimum Gasteiger partial charge on any atom is -0.379 e. The molecular formula is C12H25NO2. The van der Waals surface area contributed by atoms with Gasteiger partial charge in [0.25, 0.3) is 0 Å². The van der Waals surface area contributed by atoms with Crippen LogP contribution in [-0.2, 0) is 9.47 Å². The Kier molecular flexibility index (Phi) is 5.03. The molecule has 0 radical (unpaired) electrons. The number of ether oxygens (including phenoxy) is 2. The van der Waals surface area contributed by atoms with Crippen molar-refractivity contribution in [2.45, 2.75) is 51.2 Å². The molecule has 0 aromatic carbocycles. The quantitative estimate of drug-likeness (QED) is 0.762. The van der Waals surface area contributed by atoms with Crippen LogP contribution in [0.2, 0.25) is 0 Å². The maximum Gasteiger partial charge on any atom is 0.0808 e. The van der Waals surface area contributed by atoms with Crippen LogP contribution in [-0.4, -0.2) is 32.0 Å². The van der Waals surface area contributed by atoms with Crippen molar-refractivity contribution in [1.29, 1.82) is 0 Å². The highest BCUT2D eigenvalue weighted by atomic mass is 16.5. The highest BCUT2D eigenvalue weighted by Gasteiger charge is 2.34. The molecule has 0 amide bonds. The molecule has 0 saturated heterocycles. The van der Waals surface area contributed by atoms with E-state index in [0.717, 1.165) is 18.8 Å². The van der Waals surface area contributed by atoms with Crippen molar-refractivity contribution in [1.82, 2.24) is 0 Å². The molecule has 2 N–H and O–H groups in total. The van der Waals surface area contributed by atoms with Gasteiger partial charge < -0.3 is 15.2 Å². The van der Waals surface area contributed by atoms with Gasteiger partial charge in [-0.3, -0.25) is 0 Å². The lowest BCUT2D eigenvalue weighted by atomic mass is 9.79. The second-order valence-corrected chi connectivity index (χ2v) is 4.95. The molecule has 1 fully saturated rings. The number of rotatable bonds is 5. The zero-order chi connectivity index (χ0) is 11.3. The summed E-state index contributed by atoms with van der Waals surface area (Å²) in [6.45, 7) is 5.59. The van der Waals surface area contributed by atoms with Crippen LogP contribution in [0, 0.1) is 5.92 Å². The summed E-state index contributed by atoms with van der Waals surface area (Å²) in [6.07, 6.45) is 4.90. The molecule has 3 heteroatoms. The van der Waals surface area contributed by atoms with E-state index in [1.54, 1.807) is 7.11 Å². The van der Waals surface area contributed by atoms with Crippen molar-refractivity contribution in [3.05, 3.63) is 0 Å². The van der Waals surface area contributed by atoms with Crippen LogP contribution >= 0.6 is 0 Å². The third kappa shape index (κ3) is 3.74. The number of methoxy groups -OCH3 is 1. The van der Waals surface area contributed by atoms with Gasteiger partial charge in [-0.2, -0.15) is 0 Å². The van der Waals surface area contributed by atoms with E-state index in [1.807, 2.05) is 6.92 Å². The minimum absolute atomic E-state index is 0.0789. The Morgan fingerprint density at radius 3 is 2.80 bits per heavy atom. The van der Waals surface area contributed by atoms with Crippen molar-refractivity contribution in [2.75, 3.05) is 20.3 Å². The molecule has 0 heterocycles. The predicted molar refractivity (Wildman–Crippen MR) is 61.8 cm³/mol. The molecule has 1 aliphatic carbocycles. The maximum atomic E-state index is 5.99. The van der Waals surface area contributed by atoms with Crippen molar-refractivity contribution >= 4 is 0 Å². The third-order valence-corrected chi connectivity index (χ3v) is 3.45. The summed E-state index contributed by atoms with van der Waals surface area (Å²) in [5.41, 5.74) is 5.78. The molecule has 1 aliphatic rings. The summed E-state index contributed by atoms with van der Waals surface area (Å²) in [6, 6.07) is 0. The lowest BCUT2D eigenvalue weighted by Crippen LogP contribution is -2.45. The predicted octanol–water partition coefficient (Wildman–Crippen LogP) is 1.95. The standard InChI is InChI=1S/C12H25NO2/c1-10-5-4-6-12(7-10,9-13)15-8-11(2)14-3/h10-11H,4-9,13H2,1-3H3. The second-order valence-electron chi connectivity index (χ2n) is 4.95. The van der Waals surface area contributed by atoms with E-state index in [0.29, 0.717) is 13.2 Å². The third-order valence-electron chi connectivity index (χ3n) is 3.45. The first kappa shape index (κ1) is 12.9. The largest absolute Gasteiger partial charge is 0.379 e. The summed E-state index contributed by atoms with van der Waals surface area (Å²) < 4.78 is 11.2. The molecule has 3 atom stereocenters. The topological polar surface area (TPSA) is 44.5 Å². The molecule has 15 heavy (non-hydrogen) atoms. The van der Waals surface area contributed by atoms with Gasteiger partial charge in [0, 0.05) is 13.7 Å². The van der Waals surface area contributed by atoms with Crippen LogP contribution in [0.25, 0.3) is 0 Å². The van der Waals surface area contributed by atoms with E-state index in [1.165, 1.54) is 12.8 Å². The first-order valence-corrected chi connectivity index (χ1v) is 5.99. The van der Waals surface area contributed by atoms with Gasteiger partial charge in [-0.1, -0.05) is 19.8 Å². The molecule has 3 nitrogen and oxygen atoms in total. The van der Waals surface area contributed by atoms with Gasteiger partial charge in [0.1, 0.15) is 0 Å². The molecule has 0 aromatic rings. The number of hydrogen-bond donors (Lipinski definition) is 1. The SMILES string of the molecule is COC(C)COC1(CN)CCCC(C)C1. The molecule has 0 aliphatic heterocycles. The molecule has 3 unspecified atom stereocenters. The van der Waals surface area contributed by atoms with E-state index in [9.17, 15) is 0 Å². The van der Waals surface area contributed by atoms with Gasteiger partial charge in [0.05, 0.1) is 18.3 Å². The minimum atomic E-state index is -0.0789. The molecule has 0 bridgehead atoms. The Balaban J connectivity index is 2.44. The summed E-state index contributed by atoms with van der Waals surface area (Å²) in [7, 11) is 1.71. The molecule has 90 valence electrons. The first-order valence-electron chi connectivity index (χ1n) is 5.99. The van der Waals surface area contributed by atoms with Crippen LogP contribution < -0.4 is 5.73 Å². The Morgan fingerprint density at radius 2 is 2.27 bits per heavy atom. The monoisotopic (exact) mass is 215 g/mol. The first-order chi connectivity index (χ1) is 7.12. The zero-order valence-electron chi connectivity index (χ0n) is 10.3. The lowest BCUT2D eigenvalue weighted by Gasteiger charge is -2.39. The van der Waals surface area contributed by atoms with Crippen molar-refractivity contribution < 1.29 is 9.47 Å². The number of nitrogens with two attached hydrogens (primary N) is 1. The van der Waals surface area contributed by atoms with Crippen LogP contribution in [0.4, 0.5) is 0 Å². The van der Waals surface area contributed by atoms with Crippen LogP contribution in [0.1, 0.15) is 39.5 Å². The smallest absolute Gasteiger partial charge is 0.0808 e. The second kappa shape index (κ2) is 5.83. The van der Waals surface area contributed by atoms with E-state index < -0.39 is 0 Å². The van der Waals surface area contributed by atoms with Crippen molar-refractivity contribution in [2.24, 2.45) is 11.7 Å². The van der Waals surface area contributed by atoms with Gasteiger partial charge in [0.2, 0.25) is 0 Å². The maximum absolute atomic E-state index is 5.99. The van der Waals surface area contributed by atoms with Crippen LogP contribution in [0.5, 0.6) is 0 Å². The Hall–Kier alpha value is -0.120. The van der Waals surface area contributed by atoms with Gasteiger partial charge in [-0.05, 0) is 25.7 Å². The Bertz CT molecular complexity index is 186. The van der Waals surface area contributed by atoms with Crippen molar-refractivity contribution in [3.63, 3.8) is 0 Å². The summed E-state index contributed by atoms with van der Waals surface area (Å²) in [5.74, 6) is 0.736. The van der Waals surface area contributed by atoms with Gasteiger partial charge in [-0.15, -0.1) is 0 Å². The van der Waals surface area contributed by atoms with E-state index in [-0.39, 0.29) is 11.7 Å². The molecule has 0 spiro atoms. The van der Waals surface area contributed by atoms with E-state index in [4.69, 9.17) is 15.2 Å². The summed E-state index contributed by atoms with van der Waals surface area (Å²) in [5, 5.41) is 0. The van der Waals surface area contributed by atoms with Crippen LogP contribution in [0.15, 0.2) is 0 Å². The fourth-order valence-corrected chi connectivity index (χ4v) is 2.35. The normalized spacial score (nSPS) is 34.0. The summed E-state index contributed by atoms with van der Waals surface area (Å²) in [4.78, 5) is 0. The van der Waals surface area contributed by atoms with Gasteiger partial charge in [-0.25, -0.2) is 0 Å². The van der Waals surface area contributed by atoms with E-state index >= 15 is 0 Å². The summed E-state index contributed by atoms with van der Waals surface area (Å²) >= 11 is 0. The van der Waals surface area contributed by atoms with Crippen molar-refractivity contribution in [3.8, 4) is 0 Å². The lowest BCUT2D eigenvalue weighted by molar-refractivity contribution is -0.104. The average molecular weight is 215 g/mol. The van der Waals surface area contributed by atoms with E-state index in [2.05, 4.69) is 6.92 Å². The fourth-order valence-electron chi connectivity index (χ4n) is 2.35. The zero-order valence-corrected chi connectivity index (χ0v) is 10.3. The highest BCUT2D eigenvalue weighted by Crippen LogP contribution is 2.34. The van der Waals surface area contributed by atoms with Gasteiger partial charge in [0.15, 0.2) is 0 Å². The Labute approximate surface area is 93.3 Å². The molecule has 1 saturated carbocycles. The number of hydrogen-bond acceptors (Lipinski definition) is 3. The molecule has 1 rings (SSSR count).